The van der Waals surface area contributed by atoms with Crippen LogP contribution in [0.15, 0.2) is 35.6 Å². The maximum absolute atomic E-state index is 5.95. The Morgan fingerprint density at radius 3 is 2.78 bits per heavy atom. The number of aromatic nitrogens is 3. The molecule has 27 heavy (non-hydrogen) atoms. The molecule has 0 aliphatic rings. The number of benzene rings is 1. The highest BCUT2D eigenvalue weighted by Crippen LogP contribution is 2.25. The van der Waals surface area contributed by atoms with E-state index in [4.69, 9.17) is 4.74 Å². The predicted molar refractivity (Wildman–Crippen MR) is 109 cm³/mol. The number of para-hydroxylation sites is 1. The Kier molecular flexibility index (Phi) is 8.61. The minimum atomic E-state index is 0.443. The fraction of sp³-hybridized carbons (Fsp3) is 0.550. The molecule has 0 fully saturated rings. The van der Waals surface area contributed by atoms with Crippen LogP contribution >= 0.6 is 0 Å². The van der Waals surface area contributed by atoms with Crippen LogP contribution in [0.25, 0.3) is 0 Å². The van der Waals surface area contributed by atoms with Gasteiger partial charge >= 0.3 is 0 Å². The second kappa shape index (κ2) is 11.2. The van der Waals surface area contributed by atoms with Crippen molar-refractivity contribution < 1.29 is 4.74 Å². The summed E-state index contributed by atoms with van der Waals surface area (Å²) < 4.78 is 8.00. The van der Waals surface area contributed by atoms with E-state index in [1.165, 1.54) is 5.56 Å². The summed E-state index contributed by atoms with van der Waals surface area (Å²) in [6.07, 6.45) is 2.63. The zero-order valence-electron chi connectivity index (χ0n) is 16.9. The number of aryl methyl sites for hydroxylation is 1. The zero-order valence-corrected chi connectivity index (χ0v) is 16.9. The summed E-state index contributed by atoms with van der Waals surface area (Å²) in [5.74, 6) is 3.18. The molecule has 0 amide bonds. The molecule has 148 valence electrons. The van der Waals surface area contributed by atoms with Crippen LogP contribution in [0.3, 0.4) is 0 Å². The number of nitrogens with zero attached hydrogens (tertiary/aromatic N) is 4. The van der Waals surface area contributed by atoms with Gasteiger partial charge in [-0.2, -0.15) is 0 Å². The van der Waals surface area contributed by atoms with E-state index in [9.17, 15) is 0 Å². The van der Waals surface area contributed by atoms with Gasteiger partial charge in [0, 0.05) is 19.5 Å². The van der Waals surface area contributed by atoms with Crippen LogP contribution in [0, 0.1) is 0 Å². The third-order valence-corrected chi connectivity index (χ3v) is 4.16. The van der Waals surface area contributed by atoms with Crippen molar-refractivity contribution in [1.29, 1.82) is 0 Å². The Hall–Kier alpha value is -2.57. The minimum absolute atomic E-state index is 0.443. The average Bonchev–Trinajstić information content (AvgIpc) is 3.13. The molecule has 0 saturated carbocycles. The summed E-state index contributed by atoms with van der Waals surface area (Å²) in [6, 6.07) is 8.21. The number of hydrogen-bond donors (Lipinski definition) is 2. The van der Waals surface area contributed by atoms with Crippen LogP contribution in [0.1, 0.15) is 45.0 Å². The first-order valence-corrected chi connectivity index (χ1v) is 9.76. The molecule has 0 aliphatic heterocycles. The van der Waals surface area contributed by atoms with Crippen molar-refractivity contribution in [3.8, 4) is 5.75 Å². The molecule has 2 rings (SSSR count). The van der Waals surface area contributed by atoms with E-state index < -0.39 is 0 Å². The third kappa shape index (κ3) is 6.58. The molecule has 2 aromatic rings. The van der Waals surface area contributed by atoms with Gasteiger partial charge in [0.15, 0.2) is 5.96 Å². The lowest BCUT2D eigenvalue weighted by Gasteiger charge is -2.15. The lowest BCUT2D eigenvalue weighted by atomic mass is 10.0. The van der Waals surface area contributed by atoms with Crippen molar-refractivity contribution in [2.45, 2.75) is 46.6 Å². The van der Waals surface area contributed by atoms with Crippen LogP contribution < -0.4 is 15.4 Å². The number of aliphatic imine (C=N–C) groups is 1. The minimum Gasteiger partial charge on any atom is -0.491 e. The van der Waals surface area contributed by atoms with Gasteiger partial charge in [0.05, 0.1) is 13.1 Å². The summed E-state index contributed by atoms with van der Waals surface area (Å²) in [5.41, 5.74) is 1.23. The maximum atomic E-state index is 5.95. The molecule has 0 spiro atoms. The monoisotopic (exact) mass is 372 g/mol. The molecular formula is C20H32N6O. The summed E-state index contributed by atoms with van der Waals surface area (Å²) in [6.45, 7) is 12.0. The van der Waals surface area contributed by atoms with Crippen LogP contribution in [0.4, 0.5) is 0 Å². The van der Waals surface area contributed by atoms with Crippen molar-refractivity contribution in [2.75, 3.05) is 26.2 Å². The highest BCUT2D eigenvalue weighted by molar-refractivity contribution is 5.79. The third-order valence-electron chi connectivity index (χ3n) is 4.16. The lowest BCUT2D eigenvalue weighted by Crippen LogP contribution is -2.39. The smallest absolute Gasteiger partial charge is 0.191 e. The molecular weight excluding hydrogens is 340 g/mol. The molecule has 1 aromatic heterocycles. The first-order chi connectivity index (χ1) is 13.2. The van der Waals surface area contributed by atoms with Crippen molar-refractivity contribution in [3.63, 3.8) is 0 Å². The summed E-state index contributed by atoms with van der Waals surface area (Å²) >= 11 is 0. The normalized spacial score (nSPS) is 11.7. The molecule has 7 nitrogen and oxygen atoms in total. The molecule has 7 heteroatoms. The van der Waals surface area contributed by atoms with E-state index in [0.29, 0.717) is 25.6 Å². The Bertz CT molecular complexity index is 710. The van der Waals surface area contributed by atoms with E-state index in [2.05, 4.69) is 65.7 Å². The fourth-order valence-electron chi connectivity index (χ4n) is 2.77. The molecule has 0 unspecified atom stereocenters. The largest absolute Gasteiger partial charge is 0.491 e. The summed E-state index contributed by atoms with van der Waals surface area (Å²) in [7, 11) is 0. The lowest BCUT2D eigenvalue weighted by molar-refractivity contribution is 0.317. The highest BCUT2D eigenvalue weighted by atomic mass is 16.5. The van der Waals surface area contributed by atoms with Crippen LogP contribution in [-0.4, -0.2) is 47.0 Å². The van der Waals surface area contributed by atoms with Gasteiger partial charge in [-0.15, -0.1) is 10.2 Å². The number of guanidine groups is 1. The quantitative estimate of drug-likeness (QED) is 0.381. The topological polar surface area (TPSA) is 76.4 Å². The van der Waals surface area contributed by atoms with Gasteiger partial charge in [0.2, 0.25) is 0 Å². The van der Waals surface area contributed by atoms with Crippen molar-refractivity contribution in [2.24, 2.45) is 4.99 Å². The second-order valence-electron chi connectivity index (χ2n) is 6.52. The Morgan fingerprint density at radius 2 is 2.04 bits per heavy atom. The summed E-state index contributed by atoms with van der Waals surface area (Å²) in [4.78, 5) is 4.62. The molecule has 1 aromatic carbocycles. The Labute approximate surface area is 162 Å². The van der Waals surface area contributed by atoms with E-state index in [1.807, 2.05) is 16.7 Å². The van der Waals surface area contributed by atoms with Crippen LogP contribution in [-0.2, 0) is 13.0 Å². The average molecular weight is 373 g/mol. The van der Waals surface area contributed by atoms with Gasteiger partial charge in [-0.1, -0.05) is 39.0 Å². The van der Waals surface area contributed by atoms with Crippen LogP contribution in [0.2, 0.25) is 0 Å². The van der Waals surface area contributed by atoms with E-state index in [1.54, 1.807) is 6.33 Å². The molecule has 0 atom stereocenters. The zero-order chi connectivity index (χ0) is 19.5. The van der Waals surface area contributed by atoms with Gasteiger partial charge in [-0.25, -0.2) is 0 Å². The van der Waals surface area contributed by atoms with E-state index >= 15 is 0 Å². The first-order valence-electron chi connectivity index (χ1n) is 9.76. The van der Waals surface area contributed by atoms with Gasteiger partial charge < -0.3 is 19.9 Å². The summed E-state index contributed by atoms with van der Waals surface area (Å²) in [5, 5.41) is 14.6. The molecule has 0 bridgehead atoms. The van der Waals surface area contributed by atoms with Gasteiger partial charge in [0.25, 0.3) is 0 Å². The predicted octanol–water partition coefficient (Wildman–Crippen LogP) is 2.60. The maximum Gasteiger partial charge on any atom is 0.191 e. The molecule has 2 N–H and O–H groups in total. The van der Waals surface area contributed by atoms with Crippen molar-refractivity contribution >= 4 is 5.96 Å². The number of rotatable bonds is 10. The van der Waals surface area contributed by atoms with E-state index in [0.717, 1.165) is 37.0 Å². The highest BCUT2D eigenvalue weighted by Gasteiger charge is 2.06. The molecule has 1 heterocycles. The first kappa shape index (κ1) is 20.7. The fourth-order valence-corrected chi connectivity index (χ4v) is 2.77. The SMILES string of the molecule is CCNC(=NCCn1cnnc1CC)NCCOc1ccccc1C(C)C. The Balaban J connectivity index is 1.80. The standard InChI is InChI=1S/C20H32N6O/c1-5-19-25-24-15-26(19)13-11-22-20(21-6-2)23-12-14-27-18-10-8-7-9-17(18)16(3)4/h7-10,15-16H,5-6,11-14H2,1-4H3,(H2,21,22,23). The van der Waals surface area contributed by atoms with Gasteiger partial charge in [0.1, 0.15) is 24.5 Å². The second-order valence-corrected chi connectivity index (χ2v) is 6.52. The van der Waals surface area contributed by atoms with Gasteiger partial charge in [-0.3, -0.25) is 4.99 Å². The van der Waals surface area contributed by atoms with Gasteiger partial charge in [-0.05, 0) is 24.5 Å². The molecule has 0 saturated heterocycles. The van der Waals surface area contributed by atoms with Crippen LogP contribution in [0.5, 0.6) is 5.75 Å². The van der Waals surface area contributed by atoms with Crippen molar-refractivity contribution in [3.05, 3.63) is 42.0 Å². The van der Waals surface area contributed by atoms with Crippen molar-refractivity contribution in [1.82, 2.24) is 25.4 Å². The number of nitrogens with one attached hydrogen (secondary N) is 2. The Morgan fingerprint density at radius 1 is 1.22 bits per heavy atom. The molecule has 0 aliphatic carbocycles. The number of ether oxygens (including phenoxy) is 1. The van der Waals surface area contributed by atoms with E-state index in [-0.39, 0.29) is 0 Å². The molecule has 0 radical (unpaired) electrons. The number of hydrogen-bond acceptors (Lipinski definition) is 4.